The number of halogens is 3. The molecule has 0 saturated heterocycles. The molecule has 0 aliphatic rings. The van der Waals surface area contributed by atoms with Crippen LogP contribution in [0, 0.1) is 17.8 Å². The zero-order chi connectivity index (χ0) is 38.3. The summed E-state index contributed by atoms with van der Waals surface area (Å²) in [7, 11) is 1.17. The Morgan fingerprint density at radius 3 is 2.10 bits per heavy atom. The molecule has 0 unspecified atom stereocenters. The Morgan fingerprint density at radius 1 is 0.941 bits per heavy atom. The van der Waals surface area contributed by atoms with Gasteiger partial charge in [-0.05, 0) is 71.1 Å². The van der Waals surface area contributed by atoms with E-state index >= 15 is 0 Å². The second-order valence-electron chi connectivity index (χ2n) is 13.9. The molecule has 51 heavy (non-hydrogen) atoms. The number of hydrogen-bond donors (Lipinski definition) is 2. The lowest BCUT2D eigenvalue weighted by molar-refractivity contribution is -0.184. The zero-order valence-corrected chi connectivity index (χ0v) is 31.5. The number of unbranched alkanes of at least 4 members (excludes halogenated alkanes) is 8. The molecule has 0 radical (unpaired) electrons. The number of esters is 2. The fourth-order valence-electron chi connectivity index (χ4n) is 5.45. The molecular weight excluding hydrogens is 663 g/mol. The third-order valence-corrected chi connectivity index (χ3v) is 8.32. The minimum Gasteiger partial charge on any atom is -0.481 e. The fraction of sp³-hybridized carbons (Fsp3) is 0.675. The number of allylic oxidation sites excluding steroid dienone is 1. The number of carbonyl (C=O) groups is 3. The van der Waals surface area contributed by atoms with Gasteiger partial charge in [0.25, 0.3) is 0 Å². The number of carbonyl (C=O) groups excluding carboxylic acids is 3. The molecule has 1 amide bonds. The van der Waals surface area contributed by atoms with Gasteiger partial charge < -0.3 is 24.6 Å². The van der Waals surface area contributed by atoms with Gasteiger partial charge in [-0.2, -0.15) is 0 Å². The van der Waals surface area contributed by atoms with Crippen molar-refractivity contribution in [1.82, 2.24) is 5.32 Å². The first-order valence-corrected chi connectivity index (χ1v) is 18.2. The number of ether oxygens (including phenoxy) is 3. The molecule has 1 aromatic rings. The second-order valence-corrected chi connectivity index (χ2v) is 13.9. The minimum absolute atomic E-state index is 0.00970. The van der Waals surface area contributed by atoms with Gasteiger partial charge in [0.15, 0.2) is 5.60 Å². The summed E-state index contributed by atoms with van der Waals surface area (Å²) in [4.78, 5) is 39.9. The van der Waals surface area contributed by atoms with E-state index in [0.29, 0.717) is 49.8 Å². The van der Waals surface area contributed by atoms with Crippen LogP contribution in [0.5, 0.6) is 5.75 Å². The molecular formula is C40H60F3NO7. The van der Waals surface area contributed by atoms with E-state index < -0.39 is 60.0 Å². The van der Waals surface area contributed by atoms with Gasteiger partial charge in [0.2, 0.25) is 11.8 Å². The van der Waals surface area contributed by atoms with E-state index in [-0.39, 0.29) is 25.9 Å². The summed E-state index contributed by atoms with van der Waals surface area (Å²) in [6.45, 7) is 7.61. The molecule has 0 heterocycles. The predicted molar refractivity (Wildman–Crippen MR) is 193 cm³/mol. The van der Waals surface area contributed by atoms with Gasteiger partial charge in [0.1, 0.15) is 24.0 Å². The van der Waals surface area contributed by atoms with Crippen LogP contribution in [0.2, 0.25) is 0 Å². The van der Waals surface area contributed by atoms with Crippen LogP contribution in [0.1, 0.15) is 124 Å². The summed E-state index contributed by atoms with van der Waals surface area (Å²) < 4.78 is 58.2. The number of alkyl halides is 3. The Balaban J connectivity index is 3.05. The number of rotatable bonds is 25. The van der Waals surface area contributed by atoms with Crippen LogP contribution in [0.3, 0.4) is 0 Å². The Morgan fingerprint density at radius 2 is 1.55 bits per heavy atom. The summed E-state index contributed by atoms with van der Waals surface area (Å²) >= 11 is 0. The Hall–Kier alpha value is -3.52. The monoisotopic (exact) mass is 723 g/mol. The van der Waals surface area contributed by atoms with Crippen LogP contribution < -0.4 is 10.1 Å². The largest absolute Gasteiger partial charge is 0.481 e. The third-order valence-electron chi connectivity index (χ3n) is 8.32. The Labute approximate surface area is 303 Å². The molecule has 0 spiro atoms. The number of benzene rings is 1. The lowest BCUT2D eigenvalue weighted by Gasteiger charge is -2.34. The van der Waals surface area contributed by atoms with Crippen molar-refractivity contribution in [2.45, 2.75) is 148 Å². The zero-order valence-electron chi connectivity index (χ0n) is 31.5. The van der Waals surface area contributed by atoms with Crippen molar-refractivity contribution < 1.29 is 46.9 Å². The first kappa shape index (κ1) is 45.5. The van der Waals surface area contributed by atoms with Gasteiger partial charge in [0, 0.05) is 25.7 Å². The lowest BCUT2D eigenvalue weighted by Crippen LogP contribution is -2.56. The first-order valence-electron chi connectivity index (χ1n) is 18.2. The highest BCUT2D eigenvalue weighted by Gasteiger charge is 2.49. The van der Waals surface area contributed by atoms with Gasteiger partial charge in [-0.1, -0.05) is 75.7 Å². The quantitative estimate of drug-likeness (QED) is 0.0453. The maximum absolute atomic E-state index is 14.2. The SMILES string of the molecule is CC#CCOc1ccc(C[C@H](NC(=O)[C@@H](/C=C/CCCCCCC(F)(F)CCCCCCC)[C@@](O)(CCF)C(=O)OC(C)(C)C)C(=O)OC)cc1. The van der Waals surface area contributed by atoms with Crippen LogP contribution in [-0.4, -0.2) is 66.5 Å². The molecule has 0 aliphatic heterocycles. The van der Waals surface area contributed by atoms with Crippen molar-refractivity contribution in [2.75, 3.05) is 20.4 Å². The second kappa shape index (κ2) is 23.9. The molecule has 8 nitrogen and oxygen atoms in total. The Bertz CT molecular complexity index is 1270. The molecule has 3 atom stereocenters. The molecule has 0 saturated carbocycles. The number of methoxy groups -OCH3 is 1. The van der Waals surface area contributed by atoms with E-state index in [1.165, 1.54) is 13.2 Å². The maximum atomic E-state index is 14.2. The van der Waals surface area contributed by atoms with Gasteiger partial charge in [0.05, 0.1) is 19.7 Å². The van der Waals surface area contributed by atoms with E-state index in [1.54, 1.807) is 58.0 Å². The molecule has 0 aliphatic carbocycles. The first-order chi connectivity index (χ1) is 24.1. The van der Waals surface area contributed by atoms with Crippen molar-refractivity contribution in [1.29, 1.82) is 0 Å². The van der Waals surface area contributed by atoms with Gasteiger partial charge in [-0.25, -0.2) is 18.4 Å². The highest BCUT2D eigenvalue weighted by molar-refractivity contribution is 5.93. The fourth-order valence-corrected chi connectivity index (χ4v) is 5.45. The summed E-state index contributed by atoms with van der Waals surface area (Å²) in [5.74, 6) is -1.05. The van der Waals surface area contributed by atoms with Crippen LogP contribution in [0.15, 0.2) is 36.4 Å². The summed E-state index contributed by atoms with van der Waals surface area (Å²) in [5, 5.41) is 14.2. The molecule has 1 aromatic carbocycles. The molecule has 0 aromatic heterocycles. The Kier molecular flexibility index (Phi) is 21.3. The molecule has 0 fully saturated rings. The molecule has 0 bridgehead atoms. The molecule has 1 rings (SSSR count). The third kappa shape index (κ3) is 18.5. The van der Waals surface area contributed by atoms with E-state index in [9.17, 15) is 32.7 Å². The van der Waals surface area contributed by atoms with Crippen molar-refractivity contribution in [2.24, 2.45) is 5.92 Å². The molecule has 288 valence electrons. The van der Waals surface area contributed by atoms with Crippen molar-refractivity contribution in [3.8, 4) is 17.6 Å². The average molecular weight is 724 g/mol. The van der Waals surface area contributed by atoms with Crippen LogP contribution >= 0.6 is 0 Å². The molecule has 2 N–H and O–H groups in total. The average Bonchev–Trinajstić information content (AvgIpc) is 3.06. The van der Waals surface area contributed by atoms with Crippen LogP contribution in [0.25, 0.3) is 0 Å². The normalized spacial score (nSPS) is 14.2. The smallest absolute Gasteiger partial charge is 0.339 e. The number of hydrogen-bond acceptors (Lipinski definition) is 7. The number of amides is 1. The van der Waals surface area contributed by atoms with Gasteiger partial charge in [-0.15, -0.1) is 5.92 Å². The topological polar surface area (TPSA) is 111 Å². The number of aliphatic hydroxyl groups is 1. The van der Waals surface area contributed by atoms with Crippen LogP contribution in [-0.2, 0) is 30.3 Å². The van der Waals surface area contributed by atoms with Crippen molar-refractivity contribution >= 4 is 17.8 Å². The number of nitrogens with one attached hydrogen (secondary N) is 1. The molecule has 11 heteroatoms. The highest BCUT2D eigenvalue weighted by atomic mass is 19.3. The van der Waals surface area contributed by atoms with E-state index in [0.717, 1.165) is 25.7 Å². The minimum atomic E-state index is -2.67. The van der Waals surface area contributed by atoms with Gasteiger partial charge >= 0.3 is 11.9 Å². The summed E-state index contributed by atoms with van der Waals surface area (Å²) in [6, 6.07) is 5.60. The summed E-state index contributed by atoms with van der Waals surface area (Å²) in [6.07, 6.45) is 9.11. The lowest BCUT2D eigenvalue weighted by atomic mass is 9.82. The maximum Gasteiger partial charge on any atom is 0.339 e. The van der Waals surface area contributed by atoms with Crippen molar-refractivity contribution in [3.63, 3.8) is 0 Å². The summed E-state index contributed by atoms with van der Waals surface area (Å²) in [5.41, 5.74) is -2.99. The predicted octanol–water partition coefficient (Wildman–Crippen LogP) is 8.23. The van der Waals surface area contributed by atoms with E-state index in [1.807, 2.05) is 0 Å². The highest BCUT2D eigenvalue weighted by Crippen LogP contribution is 2.30. The van der Waals surface area contributed by atoms with E-state index in [2.05, 4.69) is 24.1 Å². The standard InChI is InChI=1S/C40H60F3NO7/c1-7-9-11-15-18-25-39(42,43)26-19-16-13-12-14-17-20-33(40(48,27-28-41)37(47)51-38(3,4)5)35(45)44-34(36(46)49-6)30-31-21-23-32(24-22-31)50-29-10-8-2/h17,20-24,33-34,48H,7,9,11-16,18-19,25-30H2,1-6H3,(H,44,45)/b20-17+/t33-,34+,40+/m1/s1. The van der Waals surface area contributed by atoms with Crippen molar-refractivity contribution in [3.05, 3.63) is 42.0 Å². The van der Waals surface area contributed by atoms with Crippen LogP contribution in [0.4, 0.5) is 13.2 Å². The van der Waals surface area contributed by atoms with Gasteiger partial charge in [-0.3, -0.25) is 9.18 Å². The van der Waals surface area contributed by atoms with E-state index in [4.69, 9.17) is 14.2 Å².